The van der Waals surface area contributed by atoms with Gasteiger partial charge in [-0.05, 0) is 62.6 Å². The molecule has 1 aliphatic rings. The van der Waals surface area contributed by atoms with E-state index in [2.05, 4.69) is 20.8 Å². The largest absolute Gasteiger partial charge is 0.461 e. The van der Waals surface area contributed by atoms with Gasteiger partial charge in [0, 0.05) is 5.56 Å². The molecule has 0 radical (unpaired) electrons. The minimum absolute atomic E-state index is 0.115. The summed E-state index contributed by atoms with van der Waals surface area (Å²) < 4.78 is 12.5. The van der Waals surface area contributed by atoms with E-state index in [1.807, 2.05) is 0 Å². The fraction of sp³-hybridized carbons (Fsp3) is 0.591. The summed E-state index contributed by atoms with van der Waals surface area (Å²) in [4.78, 5) is 36.8. The third-order valence-corrected chi connectivity index (χ3v) is 5.98. The number of rotatable bonds is 5. The predicted octanol–water partition coefficient (Wildman–Crippen LogP) is 4.36. The SMILES string of the molecule is CC(=O)c1ccc2c(c1)oc(=O)n2C(C)C(=O)OC1CC(C)CCC1C(C)C. The van der Waals surface area contributed by atoms with E-state index in [-0.39, 0.29) is 11.9 Å². The molecule has 152 valence electrons. The Balaban J connectivity index is 1.86. The van der Waals surface area contributed by atoms with E-state index >= 15 is 0 Å². The second kappa shape index (κ2) is 7.94. The predicted molar refractivity (Wildman–Crippen MR) is 106 cm³/mol. The highest BCUT2D eigenvalue weighted by Gasteiger charge is 2.35. The molecule has 1 saturated carbocycles. The van der Waals surface area contributed by atoms with E-state index in [0.717, 1.165) is 19.3 Å². The third-order valence-electron chi connectivity index (χ3n) is 5.98. The van der Waals surface area contributed by atoms with Crippen LogP contribution in [0.2, 0.25) is 0 Å². The summed E-state index contributed by atoms with van der Waals surface area (Å²) in [6, 6.07) is 4.00. The van der Waals surface area contributed by atoms with Gasteiger partial charge >= 0.3 is 11.7 Å². The molecule has 0 bridgehead atoms. The molecule has 1 aromatic heterocycles. The molecule has 3 rings (SSSR count). The first kappa shape index (κ1) is 20.4. The standard InChI is InChI=1S/C22H29NO5/c1-12(2)17-8-6-13(3)10-19(17)27-21(25)14(4)23-18-9-7-16(15(5)24)11-20(18)28-22(23)26/h7,9,11-14,17,19H,6,8,10H2,1-5H3. The van der Waals surface area contributed by atoms with E-state index < -0.39 is 17.8 Å². The molecule has 0 amide bonds. The van der Waals surface area contributed by atoms with Crippen LogP contribution < -0.4 is 5.76 Å². The zero-order valence-electron chi connectivity index (χ0n) is 17.2. The summed E-state index contributed by atoms with van der Waals surface area (Å²) in [5.74, 6) is 0.121. The number of nitrogens with zero attached hydrogens (tertiary/aromatic N) is 1. The molecule has 4 atom stereocenters. The second-order valence-electron chi connectivity index (χ2n) is 8.45. The van der Waals surface area contributed by atoms with Crippen LogP contribution in [-0.4, -0.2) is 22.4 Å². The van der Waals surface area contributed by atoms with Crippen LogP contribution >= 0.6 is 0 Å². The van der Waals surface area contributed by atoms with E-state index in [1.54, 1.807) is 19.1 Å². The van der Waals surface area contributed by atoms with Crippen molar-refractivity contribution in [1.29, 1.82) is 0 Å². The number of oxazole rings is 1. The molecule has 4 unspecified atom stereocenters. The van der Waals surface area contributed by atoms with E-state index in [9.17, 15) is 14.4 Å². The van der Waals surface area contributed by atoms with Crippen molar-refractivity contribution in [3.05, 3.63) is 34.3 Å². The summed E-state index contributed by atoms with van der Waals surface area (Å²) in [5.41, 5.74) is 1.24. The van der Waals surface area contributed by atoms with Gasteiger partial charge in [-0.2, -0.15) is 0 Å². The number of Topliss-reactive ketones (excluding diaryl/α,β-unsaturated/α-hetero) is 1. The molecule has 6 nitrogen and oxygen atoms in total. The first-order valence-electron chi connectivity index (χ1n) is 10.1. The molecule has 1 aliphatic carbocycles. The smallest absolute Gasteiger partial charge is 0.420 e. The van der Waals surface area contributed by atoms with Gasteiger partial charge in [0.25, 0.3) is 0 Å². The Morgan fingerprint density at radius 1 is 1.21 bits per heavy atom. The number of carbonyl (C=O) groups excluding carboxylic acids is 2. The molecule has 1 heterocycles. The number of hydrogen-bond acceptors (Lipinski definition) is 5. The Labute approximate surface area is 164 Å². The van der Waals surface area contributed by atoms with Crippen LogP contribution in [0.4, 0.5) is 0 Å². The Kier molecular flexibility index (Phi) is 5.77. The zero-order chi connectivity index (χ0) is 20.6. The van der Waals surface area contributed by atoms with Gasteiger partial charge < -0.3 is 9.15 Å². The Morgan fingerprint density at radius 2 is 1.93 bits per heavy atom. The van der Waals surface area contributed by atoms with Gasteiger partial charge in [-0.3, -0.25) is 9.36 Å². The first-order chi connectivity index (χ1) is 13.2. The van der Waals surface area contributed by atoms with Crippen LogP contribution in [-0.2, 0) is 9.53 Å². The van der Waals surface area contributed by atoms with Crippen LogP contribution in [0.3, 0.4) is 0 Å². The molecule has 2 aromatic rings. The van der Waals surface area contributed by atoms with Crippen LogP contribution in [0.25, 0.3) is 11.1 Å². The summed E-state index contributed by atoms with van der Waals surface area (Å²) >= 11 is 0. The number of ether oxygens (including phenoxy) is 1. The lowest BCUT2D eigenvalue weighted by molar-refractivity contribution is -0.159. The van der Waals surface area contributed by atoms with Crippen LogP contribution in [0.5, 0.6) is 0 Å². The maximum absolute atomic E-state index is 12.9. The average molecular weight is 387 g/mol. The van der Waals surface area contributed by atoms with Gasteiger partial charge in [0.1, 0.15) is 12.1 Å². The molecule has 0 N–H and O–H groups in total. The number of carbonyl (C=O) groups is 2. The fourth-order valence-corrected chi connectivity index (χ4v) is 4.23. The summed E-state index contributed by atoms with van der Waals surface area (Å²) in [7, 11) is 0. The van der Waals surface area contributed by atoms with Crippen molar-refractivity contribution < 1.29 is 18.7 Å². The van der Waals surface area contributed by atoms with E-state index in [0.29, 0.717) is 34.4 Å². The molecule has 0 saturated heterocycles. The van der Waals surface area contributed by atoms with Crippen molar-refractivity contribution in [2.45, 2.75) is 66.0 Å². The van der Waals surface area contributed by atoms with Crippen LogP contribution in [0.1, 0.15) is 70.3 Å². The maximum atomic E-state index is 12.9. The number of fused-ring (bicyclic) bond motifs is 1. The zero-order valence-corrected chi connectivity index (χ0v) is 17.2. The van der Waals surface area contributed by atoms with Crippen molar-refractivity contribution in [2.24, 2.45) is 17.8 Å². The molecule has 0 spiro atoms. The molecule has 28 heavy (non-hydrogen) atoms. The number of benzene rings is 1. The lowest BCUT2D eigenvalue weighted by atomic mass is 9.75. The van der Waals surface area contributed by atoms with Crippen LogP contribution in [0, 0.1) is 17.8 Å². The highest BCUT2D eigenvalue weighted by Crippen LogP contribution is 2.36. The minimum atomic E-state index is -0.804. The fourth-order valence-electron chi connectivity index (χ4n) is 4.23. The minimum Gasteiger partial charge on any atom is -0.461 e. The van der Waals surface area contributed by atoms with E-state index in [1.165, 1.54) is 17.6 Å². The van der Waals surface area contributed by atoms with Crippen molar-refractivity contribution in [1.82, 2.24) is 4.57 Å². The number of ketones is 1. The molecular formula is C22H29NO5. The van der Waals surface area contributed by atoms with Crippen molar-refractivity contribution in [3.63, 3.8) is 0 Å². The van der Waals surface area contributed by atoms with Gasteiger partial charge in [-0.15, -0.1) is 0 Å². The van der Waals surface area contributed by atoms with Gasteiger partial charge in [0.15, 0.2) is 11.4 Å². The molecule has 1 fully saturated rings. The van der Waals surface area contributed by atoms with Crippen molar-refractivity contribution in [2.75, 3.05) is 0 Å². The normalized spacial score (nSPS) is 23.7. The van der Waals surface area contributed by atoms with Crippen molar-refractivity contribution in [3.8, 4) is 0 Å². The highest BCUT2D eigenvalue weighted by molar-refractivity contribution is 5.97. The second-order valence-corrected chi connectivity index (χ2v) is 8.45. The monoisotopic (exact) mass is 387 g/mol. The lowest BCUT2D eigenvalue weighted by Crippen LogP contribution is -2.38. The highest BCUT2D eigenvalue weighted by atomic mass is 16.5. The quantitative estimate of drug-likeness (QED) is 0.562. The Hall–Kier alpha value is -2.37. The summed E-state index contributed by atoms with van der Waals surface area (Å²) in [6.07, 6.45) is 2.92. The van der Waals surface area contributed by atoms with Crippen molar-refractivity contribution >= 4 is 22.9 Å². The molecule has 0 aliphatic heterocycles. The Bertz CT molecular complexity index is 938. The van der Waals surface area contributed by atoms with Gasteiger partial charge in [0.2, 0.25) is 0 Å². The number of aromatic nitrogens is 1. The van der Waals surface area contributed by atoms with Gasteiger partial charge in [0.05, 0.1) is 5.52 Å². The first-order valence-corrected chi connectivity index (χ1v) is 10.1. The lowest BCUT2D eigenvalue weighted by Gasteiger charge is -2.37. The average Bonchev–Trinajstić information content (AvgIpc) is 2.95. The summed E-state index contributed by atoms with van der Waals surface area (Å²) in [5, 5.41) is 0. The maximum Gasteiger partial charge on any atom is 0.420 e. The molecule has 1 aromatic carbocycles. The van der Waals surface area contributed by atoms with Crippen LogP contribution in [0.15, 0.2) is 27.4 Å². The topological polar surface area (TPSA) is 78.5 Å². The third kappa shape index (κ3) is 3.91. The van der Waals surface area contributed by atoms with E-state index in [4.69, 9.17) is 9.15 Å². The van der Waals surface area contributed by atoms with Gasteiger partial charge in [-0.1, -0.05) is 27.2 Å². The molecule has 6 heteroatoms. The summed E-state index contributed by atoms with van der Waals surface area (Å²) in [6.45, 7) is 9.60. The van der Waals surface area contributed by atoms with Gasteiger partial charge in [-0.25, -0.2) is 9.59 Å². The molecular weight excluding hydrogens is 358 g/mol. The Morgan fingerprint density at radius 3 is 2.57 bits per heavy atom. The number of esters is 1. The number of hydrogen-bond donors (Lipinski definition) is 0.